The quantitative estimate of drug-likeness (QED) is 0.766. The number of aromatic nitrogens is 1. The first kappa shape index (κ1) is 21.2. The first-order valence-corrected chi connectivity index (χ1v) is 10.9. The zero-order valence-electron chi connectivity index (χ0n) is 16.1. The molecular weight excluding hydrogens is 392 g/mol. The van der Waals surface area contributed by atoms with Crippen molar-refractivity contribution in [2.45, 2.75) is 50.6 Å². The zero-order chi connectivity index (χ0) is 18.5. The number of rotatable bonds is 5. The highest BCUT2D eigenvalue weighted by Gasteiger charge is 2.29. The molecule has 4 rings (SSSR count). The average molecular weight is 421 g/mol. The second-order valence-corrected chi connectivity index (χ2v) is 8.61. The number of benzene rings is 1. The summed E-state index contributed by atoms with van der Waals surface area (Å²) < 4.78 is 0. The molecular formula is C21H29ClN4OS. The standard InChI is InChI=1S/C21H28N4OS.ClH/c26-20(24-21-23-14-19(27-21)17-9-11-22-12-10-17)18-8-4-5-13-25(18)15-16-6-2-1-3-7-16;/h1-3,6-7,14,17-18,22H,4-5,8-13,15H2,(H,23,24,26);1H. The maximum atomic E-state index is 13.0. The van der Waals surface area contributed by atoms with Crippen LogP contribution in [0.1, 0.15) is 48.5 Å². The van der Waals surface area contributed by atoms with Crippen LogP contribution in [0.5, 0.6) is 0 Å². The lowest BCUT2D eigenvalue weighted by Crippen LogP contribution is -2.46. The number of amides is 1. The molecule has 7 heteroatoms. The summed E-state index contributed by atoms with van der Waals surface area (Å²) in [7, 11) is 0. The number of hydrogen-bond donors (Lipinski definition) is 2. The van der Waals surface area contributed by atoms with Crippen LogP contribution in [0.15, 0.2) is 36.5 Å². The molecule has 2 aromatic rings. The van der Waals surface area contributed by atoms with Gasteiger partial charge in [-0.25, -0.2) is 4.98 Å². The van der Waals surface area contributed by atoms with Crippen molar-refractivity contribution in [3.8, 4) is 0 Å². The highest BCUT2D eigenvalue weighted by Crippen LogP contribution is 2.32. The van der Waals surface area contributed by atoms with Crippen molar-refractivity contribution in [3.63, 3.8) is 0 Å². The van der Waals surface area contributed by atoms with Gasteiger partial charge in [-0.1, -0.05) is 36.8 Å². The number of carbonyl (C=O) groups is 1. The maximum Gasteiger partial charge on any atom is 0.243 e. The maximum absolute atomic E-state index is 13.0. The molecule has 0 spiro atoms. The molecule has 0 aliphatic carbocycles. The molecule has 3 heterocycles. The van der Waals surface area contributed by atoms with Crippen molar-refractivity contribution in [1.29, 1.82) is 0 Å². The lowest BCUT2D eigenvalue weighted by Gasteiger charge is -2.34. The Balaban J connectivity index is 0.00000225. The molecule has 0 bridgehead atoms. The molecule has 1 amide bonds. The van der Waals surface area contributed by atoms with Gasteiger partial charge in [0.15, 0.2) is 5.13 Å². The van der Waals surface area contributed by atoms with Crippen LogP contribution in [0.3, 0.4) is 0 Å². The molecule has 2 aliphatic heterocycles. The third kappa shape index (κ3) is 5.32. The van der Waals surface area contributed by atoms with Crippen LogP contribution in [0.25, 0.3) is 0 Å². The Hall–Kier alpha value is -1.47. The van der Waals surface area contributed by atoms with Gasteiger partial charge in [-0.15, -0.1) is 23.7 Å². The predicted molar refractivity (Wildman–Crippen MR) is 117 cm³/mol. The van der Waals surface area contributed by atoms with Gasteiger partial charge in [0.2, 0.25) is 5.91 Å². The van der Waals surface area contributed by atoms with Gasteiger partial charge in [0, 0.05) is 17.6 Å². The fourth-order valence-electron chi connectivity index (χ4n) is 4.12. The summed E-state index contributed by atoms with van der Waals surface area (Å²) in [5.74, 6) is 0.676. The van der Waals surface area contributed by atoms with Gasteiger partial charge in [-0.05, 0) is 56.8 Å². The van der Waals surface area contributed by atoms with E-state index in [1.807, 2.05) is 12.3 Å². The Morgan fingerprint density at radius 3 is 2.75 bits per heavy atom. The minimum atomic E-state index is -0.0646. The SMILES string of the molecule is Cl.O=C(Nc1ncc(C2CCNCC2)s1)C1CCCCN1Cc1ccccc1. The number of piperidine rings is 2. The van der Waals surface area contributed by atoms with Crippen molar-refractivity contribution < 1.29 is 4.79 Å². The molecule has 2 aliphatic rings. The minimum Gasteiger partial charge on any atom is -0.317 e. The van der Waals surface area contributed by atoms with E-state index in [1.165, 1.54) is 10.4 Å². The fraction of sp³-hybridized carbons (Fsp3) is 0.524. The lowest BCUT2D eigenvalue weighted by atomic mass is 9.97. The number of hydrogen-bond acceptors (Lipinski definition) is 5. The van der Waals surface area contributed by atoms with Gasteiger partial charge in [0.1, 0.15) is 0 Å². The summed E-state index contributed by atoms with van der Waals surface area (Å²) in [5.41, 5.74) is 1.26. The molecule has 1 atom stereocenters. The number of anilines is 1. The monoisotopic (exact) mass is 420 g/mol. The van der Waals surface area contributed by atoms with E-state index in [0.29, 0.717) is 5.92 Å². The second kappa shape index (κ2) is 10.3. The topological polar surface area (TPSA) is 57.3 Å². The van der Waals surface area contributed by atoms with E-state index in [9.17, 15) is 4.79 Å². The Bertz CT molecular complexity index is 748. The van der Waals surface area contributed by atoms with Gasteiger partial charge >= 0.3 is 0 Å². The summed E-state index contributed by atoms with van der Waals surface area (Å²) in [6.45, 7) is 3.95. The Labute approximate surface area is 177 Å². The molecule has 1 aromatic heterocycles. The van der Waals surface area contributed by atoms with E-state index in [2.05, 4.69) is 44.8 Å². The van der Waals surface area contributed by atoms with Crippen LogP contribution < -0.4 is 10.6 Å². The molecule has 2 fully saturated rings. The summed E-state index contributed by atoms with van der Waals surface area (Å²) in [4.78, 5) is 21.1. The van der Waals surface area contributed by atoms with Crippen molar-refractivity contribution in [3.05, 3.63) is 47.0 Å². The van der Waals surface area contributed by atoms with Crippen LogP contribution in [0.4, 0.5) is 5.13 Å². The van der Waals surface area contributed by atoms with Gasteiger partial charge in [-0.2, -0.15) is 0 Å². The summed E-state index contributed by atoms with van der Waals surface area (Å²) >= 11 is 1.65. The van der Waals surface area contributed by atoms with Crippen molar-refractivity contribution in [1.82, 2.24) is 15.2 Å². The molecule has 2 saturated heterocycles. The van der Waals surface area contributed by atoms with Crippen LogP contribution in [-0.4, -0.2) is 41.5 Å². The van der Waals surface area contributed by atoms with E-state index in [1.54, 1.807) is 11.3 Å². The molecule has 0 radical (unpaired) electrons. The van der Waals surface area contributed by atoms with E-state index >= 15 is 0 Å². The number of carbonyl (C=O) groups excluding carboxylic acids is 1. The molecule has 28 heavy (non-hydrogen) atoms. The molecule has 5 nitrogen and oxygen atoms in total. The highest BCUT2D eigenvalue weighted by molar-refractivity contribution is 7.15. The predicted octanol–water partition coefficient (Wildman–Crippen LogP) is 4.03. The van der Waals surface area contributed by atoms with E-state index in [0.717, 1.165) is 63.4 Å². The molecule has 1 aromatic carbocycles. The van der Waals surface area contributed by atoms with Crippen LogP contribution in [0.2, 0.25) is 0 Å². The van der Waals surface area contributed by atoms with E-state index in [4.69, 9.17) is 0 Å². The van der Waals surface area contributed by atoms with Gasteiger partial charge in [-0.3, -0.25) is 9.69 Å². The van der Waals surface area contributed by atoms with Gasteiger partial charge in [0.25, 0.3) is 0 Å². The van der Waals surface area contributed by atoms with E-state index < -0.39 is 0 Å². The Morgan fingerprint density at radius 2 is 1.96 bits per heavy atom. The molecule has 152 valence electrons. The number of likely N-dealkylation sites (tertiary alicyclic amines) is 1. The fourth-order valence-corrected chi connectivity index (χ4v) is 5.11. The molecule has 0 saturated carbocycles. The second-order valence-electron chi connectivity index (χ2n) is 7.55. The van der Waals surface area contributed by atoms with E-state index in [-0.39, 0.29) is 24.4 Å². The average Bonchev–Trinajstić information content (AvgIpc) is 3.18. The van der Waals surface area contributed by atoms with Gasteiger partial charge in [0.05, 0.1) is 6.04 Å². The number of thiazole rings is 1. The largest absolute Gasteiger partial charge is 0.317 e. The summed E-state index contributed by atoms with van der Waals surface area (Å²) in [5, 5.41) is 7.25. The number of halogens is 1. The third-order valence-corrected chi connectivity index (χ3v) is 6.72. The number of nitrogens with one attached hydrogen (secondary N) is 2. The Morgan fingerprint density at radius 1 is 1.18 bits per heavy atom. The molecule has 2 N–H and O–H groups in total. The highest BCUT2D eigenvalue weighted by atomic mass is 35.5. The molecule has 1 unspecified atom stereocenters. The van der Waals surface area contributed by atoms with Gasteiger partial charge < -0.3 is 10.6 Å². The normalized spacial score (nSPS) is 21.1. The summed E-state index contributed by atoms with van der Waals surface area (Å²) in [6, 6.07) is 10.4. The summed E-state index contributed by atoms with van der Waals surface area (Å²) in [6.07, 6.45) is 7.46. The lowest BCUT2D eigenvalue weighted by molar-refractivity contribution is -0.122. The minimum absolute atomic E-state index is 0. The first-order valence-electron chi connectivity index (χ1n) is 10.0. The van der Waals surface area contributed by atoms with Crippen LogP contribution >= 0.6 is 23.7 Å². The zero-order valence-corrected chi connectivity index (χ0v) is 17.7. The third-order valence-electron chi connectivity index (χ3n) is 5.64. The Kier molecular flexibility index (Phi) is 7.85. The van der Waals surface area contributed by atoms with Crippen LogP contribution in [0, 0.1) is 0 Å². The smallest absolute Gasteiger partial charge is 0.243 e. The first-order chi connectivity index (χ1) is 13.3. The van der Waals surface area contributed by atoms with Crippen molar-refractivity contribution in [2.75, 3.05) is 25.0 Å². The van der Waals surface area contributed by atoms with Crippen LogP contribution in [-0.2, 0) is 11.3 Å². The van der Waals surface area contributed by atoms with Crippen molar-refractivity contribution in [2.24, 2.45) is 0 Å². The van der Waals surface area contributed by atoms with Crippen molar-refractivity contribution >= 4 is 34.8 Å². The number of nitrogens with zero attached hydrogens (tertiary/aromatic N) is 2.